The van der Waals surface area contributed by atoms with Crippen molar-refractivity contribution in [3.63, 3.8) is 0 Å². The van der Waals surface area contributed by atoms with E-state index < -0.39 is 58.7 Å². The number of nitrogens with one attached hydrogen (secondary N) is 3. The zero-order chi connectivity index (χ0) is 28.4. The highest BCUT2D eigenvalue weighted by Gasteiger charge is 2.43. The van der Waals surface area contributed by atoms with Crippen LogP contribution in [-0.2, 0) is 37.9 Å². The van der Waals surface area contributed by atoms with Gasteiger partial charge in [0.1, 0.15) is 22.9 Å². The van der Waals surface area contributed by atoms with Gasteiger partial charge in [-0.15, -0.1) is 0 Å². The molecule has 14 heteroatoms. The maximum Gasteiger partial charge on any atom is 0.420 e. The summed E-state index contributed by atoms with van der Waals surface area (Å²) in [7, 11) is 1.01. The molecule has 2 aromatic carbocycles. The molecule has 3 N–H and O–H groups in total. The molecule has 0 aliphatic heterocycles. The number of alkyl halides is 6. The number of esters is 1. The lowest BCUT2D eigenvalue weighted by atomic mass is 10.1. The number of hydrogen-bond acceptors (Lipinski definition) is 5. The van der Waals surface area contributed by atoms with Crippen molar-refractivity contribution in [1.82, 2.24) is 10.3 Å². The smallest absolute Gasteiger partial charge is 0.420 e. The molecule has 0 saturated carbocycles. The molecule has 0 fully saturated rings. The molecule has 0 spiro atoms. The molecular formula is C24H21F6N3O5. The summed E-state index contributed by atoms with van der Waals surface area (Å²) in [5, 5.41) is 4.16. The number of aryl methyl sites for hydroxylation is 1. The zero-order valence-electron chi connectivity index (χ0n) is 20.1. The van der Waals surface area contributed by atoms with Crippen LogP contribution in [0, 0.1) is 0 Å². The van der Waals surface area contributed by atoms with Gasteiger partial charge in [0.2, 0.25) is 0 Å². The number of benzene rings is 2. The molecule has 0 aliphatic rings. The van der Waals surface area contributed by atoms with E-state index in [0.29, 0.717) is 17.3 Å². The van der Waals surface area contributed by atoms with Crippen LogP contribution in [0.15, 0.2) is 36.5 Å². The number of carbonyl (C=O) groups excluding carboxylic acids is 3. The fourth-order valence-corrected chi connectivity index (χ4v) is 3.55. The number of aromatic nitrogens is 1. The molecule has 2 amide bonds. The average Bonchev–Trinajstić information content (AvgIpc) is 3.25. The number of methoxy groups -OCH3 is 1. The van der Waals surface area contributed by atoms with Crippen molar-refractivity contribution in [2.24, 2.45) is 0 Å². The van der Waals surface area contributed by atoms with Crippen LogP contribution in [0.25, 0.3) is 10.9 Å². The number of aromatic amines is 1. The number of halogens is 6. The second kappa shape index (κ2) is 10.6. The minimum Gasteiger partial charge on any atom is -0.467 e. The van der Waals surface area contributed by atoms with Crippen molar-refractivity contribution in [1.29, 1.82) is 0 Å². The summed E-state index contributed by atoms with van der Waals surface area (Å²) >= 11 is 0. The summed E-state index contributed by atoms with van der Waals surface area (Å²) in [6.45, 7) is 2.98. The van der Waals surface area contributed by atoms with Crippen LogP contribution in [0.2, 0.25) is 0 Å². The third kappa shape index (κ3) is 6.18. The molecule has 0 saturated heterocycles. The molecule has 204 valence electrons. The standard InChI is InChI=1S/C24H21F6N3O5/c1-4-12-10-31-18-6-5-14(9-15(12)18)38-19-16(23(25,26)27)7-13(8-17(19)24(28,29)30)33-21(35)20(34)32-11(2)22(36)37-3/h5-11,31H,4H2,1-3H3,(H,32,34)(H,33,35). The Morgan fingerprint density at radius 3 is 2.11 bits per heavy atom. The first-order valence-corrected chi connectivity index (χ1v) is 11.0. The van der Waals surface area contributed by atoms with E-state index in [-0.39, 0.29) is 17.9 Å². The number of anilines is 1. The van der Waals surface area contributed by atoms with Crippen molar-refractivity contribution in [2.75, 3.05) is 12.4 Å². The van der Waals surface area contributed by atoms with Crippen molar-refractivity contribution in [2.45, 2.75) is 38.7 Å². The lowest BCUT2D eigenvalue weighted by Crippen LogP contribution is -2.44. The third-order valence-corrected chi connectivity index (χ3v) is 5.41. The lowest BCUT2D eigenvalue weighted by molar-refractivity contribution is -0.146. The molecule has 3 rings (SSSR count). The number of amides is 2. The van der Waals surface area contributed by atoms with E-state index in [1.54, 1.807) is 11.5 Å². The van der Waals surface area contributed by atoms with E-state index in [2.05, 4.69) is 9.72 Å². The summed E-state index contributed by atoms with van der Waals surface area (Å²) in [6, 6.07) is 3.09. The van der Waals surface area contributed by atoms with Crippen molar-refractivity contribution in [3.8, 4) is 11.5 Å². The normalized spacial score (nSPS) is 12.7. The number of carbonyl (C=O) groups is 3. The van der Waals surface area contributed by atoms with Crippen LogP contribution in [0.5, 0.6) is 11.5 Å². The second-order valence-corrected chi connectivity index (χ2v) is 8.05. The molecule has 0 aliphatic carbocycles. The van der Waals surface area contributed by atoms with E-state index in [4.69, 9.17) is 4.74 Å². The van der Waals surface area contributed by atoms with E-state index in [1.807, 2.05) is 12.2 Å². The summed E-state index contributed by atoms with van der Waals surface area (Å²) in [6.07, 6.45) is -8.48. The van der Waals surface area contributed by atoms with Gasteiger partial charge in [0.05, 0.1) is 7.11 Å². The molecule has 0 bridgehead atoms. The molecule has 1 atom stereocenters. The van der Waals surface area contributed by atoms with Crippen LogP contribution < -0.4 is 15.4 Å². The van der Waals surface area contributed by atoms with Crippen LogP contribution in [0.3, 0.4) is 0 Å². The van der Waals surface area contributed by atoms with Crippen LogP contribution >= 0.6 is 0 Å². The fourth-order valence-electron chi connectivity index (χ4n) is 3.55. The minimum atomic E-state index is -5.34. The molecule has 8 nitrogen and oxygen atoms in total. The van der Waals surface area contributed by atoms with Crippen LogP contribution in [0.4, 0.5) is 32.0 Å². The van der Waals surface area contributed by atoms with Crippen LogP contribution in [-0.4, -0.2) is 35.9 Å². The first-order valence-electron chi connectivity index (χ1n) is 11.0. The monoisotopic (exact) mass is 545 g/mol. The molecule has 1 aromatic heterocycles. The largest absolute Gasteiger partial charge is 0.467 e. The highest BCUT2D eigenvalue weighted by Crippen LogP contribution is 2.47. The first kappa shape index (κ1) is 28.3. The Hall–Kier alpha value is -4.23. The molecule has 1 heterocycles. The van der Waals surface area contributed by atoms with Gasteiger partial charge in [0.15, 0.2) is 5.75 Å². The SMILES string of the molecule is CCc1c[nH]c2ccc(Oc3c(C(F)(F)F)cc(NC(=O)C(=O)NC(C)C(=O)OC)cc3C(F)(F)F)cc12. The van der Waals surface area contributed by atoms with Gasteiger partial charge in [-0.25, -0.2) is 4.79 Å². The third-order valence-electron chi connectivity index (χ3n) is 5.41. The summed E-state index contributed by atoms with van der Waals surface area (Å²) in [5.74, 6) is -5.84. The number of rotatable bonds is 6. The average molecular weight is 545 g/mol. The molecule has 1 unspecified atom stereocenters. The number of H-pyrrole nitrogens is 1. The quantitative estimate of drug-likeness (QED) is 0.225. The Morgan fingerprint density at radius 2 is 1.58 bits per heavy atom. The van der Waals surface area contributed by atoms with Crippen molar-refractivity contribution < 1.29 is 50.2 Å². The summed E-state index contributed by atoms with van der Waals surface area (Å²) in [4.78, 5) is 38.5. The Balaban J connectivity index is 2.04. The van der Waals surface area contributed by atoms with E-state index >= 15 is 0 Å². The fraction of sp³-hybridized carbons (Fsp3) is 0.292. The van der Waals surface area contributed by atoms with E-state index in [0.717, 1.165) is 19.6 Å². The Morgan fingerprint density at radius 1 is 0.974 bits per heavy atom. The Bertz CT molecular complexity index is 1350. The Labute approximate surface area is 211 Å². The minimum absolute atomic E-state index is 0.214. The molecule has 38 heavy (non-hydrogen) atoms. The van der Waals surface area contributed by atoms with Gasteiger partial charge < -0.3 is 25.1 Å². The van der Waals surface area contributed by atoms with Gasteiger partial charge in [-0.3, -0.25) is 9.59 Å². The van der Waals surface area contributed by atoms with Gasteiger partial charge in [-0.2, -0.15) is 26.3 Å². The number of fused-ring (bicyclic) bond motifs is 1. The van der Waals surface area contributed by atoms with Gasteiger partial charge >= 0.3 is 30.1 Å². The summed E-state index contributed by atoms with van der Waals surface area (Å²) in [5.41, 5.74) is -3.27. The predicted molar refractivity (Wildman–Crippen MR) is 122 cm³/mol. The van der Waals surface area contributed by atoms with E-state index in [9.17, 15) is 40.7 Å². The van der Waals surface area contributed by atoms with Gasteiger partial charge in [-0.05, 0) is 49.2 Å². The molecular weight excluding hydrogens is 524 g/mol. The van der Waals surface area contributed by atoms with Crippen LogP contribution in [0.1, 0.15) is 30.5 Å². The zero-order valence-corrected chi connectivity index (χ0v) is 20.1. The highest BCUT2D eigenvalue weighted by atomic mass is 19.4. The van der Waals surface area contributed by atoms with Gasteiger partial charge in [0.25, 0.3) is 0 Å². The second-order valence-electron chi connectivity index (χ2n) is 8.05. The maximum absolute atomic E-state index is 13.9. The van der Waals surface area contributed by atoms with Crippen molar-refractivity contribution >= 4 is 34.4 Å². The van der Waals surface area contributed by atoms with Gasteiger partial charge in [-0.1, -0.05) is 6.92 Å². The van der Waals surface area contributed by atoms with Crippen molar-refractivity contribution in [3.05, 3.63) is 53.2 Å². The van der Waals surface area contributed by atoms with E-state index in [1.165, 1.54) is 18.2 Å². The highest BCUT2D eigenvalue weighted by molar-refractivity contribution is 6.40. The first-order chi connectivity index (χ1) is 17.6. The van der Waals surface area contributed by atoms with Gasteiger partial charge in [0, 0.05) is 22.8 Å². The summed E-state index contributed by atoms with van der Waals surface area (Å²) < 4.78 is 93.1. The Kier molecular flexibility index (Phi) is 7.93. The lowest BCUT2D eigenvalue weighted by Gasteiger charge is -2.21. The molecule has 0 radical (unpaired) electrons. The number of hydrogen-bond donors (Lipinski definition) is 3. The molecule has 3 aromatic rings. The number of ether oxygens (including phenoxy) is 2. The topological polar surface area (TPSA) is 110 Å². The maximum atomic E-state index is 13.9. The predicted octanol–water partition coefficient (Wildman–Crippen LogP) is 5.18.